The van der Waals surface area contributed by atoms with Gasteiger partial charge in [-0.25, -0.2) is 4.98 Å². The molecule has 0 radical (unpaired) electrons. The fraction of sp³-hybridized carbons (Fsp3) is 0.308. The van der Waals surface area contributed by atoms with Crippen molar-refractivity contribution in [2.45, 2.75) is 25.7 Å². The Hall–Kier alpha value is -1.77. The number of aromatic nitrogens is 3. The van der Waals surface area contributed by atoms with Gasteiger partial charge in [-0.05, 0) is 37.3 Å². The molecule has 2 N–H and O–H groups in total. The molecule has 3 nitrogen and oxygen atoms in total. The maximum atomic E-state index is 4.40. The second-order valence-corrected chi connectivity index (χ2v) is 4.58. The van der Waals surface area contributed by atoms with E-state index in [2.05, 4.69) is 27.1 Å². The number of benzene rings is 1. The molecule has 80 valence electrons. The van der Waals surface area contributed by atoms with Crippen molar-refractivity contribution >= 4 is 21.9 Å². The third kappa shape index (κ3) is 0.953. The fourth-order valence-corrected chi connectivity index (χ4v) is 2.88. The summed E-state index contributed by atoms with van der Waals surface area (Å²) < 4.78 is 0. The Kier molecular flexibility index (Phi) is 1.51. The number of aryl methyl sites for hydroxylation is 2. The largest absolute Gasteiger partial charge is 0.356 e. The summed E-state index contributed by atoms with van der Waals surface area (Å²) in [6.45, 7) is 0. The molecule has 0 spiro atoms. The summed E-state index contributed by atoms with van der Waals surface area (Å²) in [6.07, 6.45) is 6.80. The van der Waals surface area contributed by atoms with Gasteiger partial charge in [-0.1, -0.05) is 6.07 Å². The highest BCUT2D eigenvalue weighted by molar-refractivity contribution is 6.03. The van der Waals surface area contributed by atoms with E-state index in [1.807, 2.05) is 0 Å². The van der Waals surface area contributed by atoms with Crippen LogP contribution in [0.5, 0.6) is 0 Å². The molecule has 0 saturated heterocycles. The van der Waals surface area contributed by atoms with Crippen LogP contribution in [0.1, 0.15) is 24.1 Å². The van der Waals surface area contributed by atoms with Crippen molar-refractivity contribution < 1.29 is 0 Å². The molecule has 2 heterocycles. The predicted octanol–water partition coefficient (Wildman–Crippen LogP) is 2.92. The van der Waals surface area contributed by atoms with Gasteiger partial charge in [0.1, 0.15) is 5.52 Å². The number of hydrogen-bond acceptors (Lipinski definition) is 1. The van der Waals surface area contributed by atoms with E-state index in [1.165, 1.54) is 47.8 Å². The van der Waals surface area contributed by atoms with Crippen molar-refractivity contribution in [2.75, 3.05) is 0 Å². The molecule has 3 heteroatoms. The van der Waals surface area contributed by atoms with Gasteiger partial charge in [-0.2, -0.15) is 0 Å². The lowest BCUT2D eigenvalue weighted by atomic mass is 9.96. The molecule has 1 aliphatic carbocycles. The van der Waals surface area contributed by atoms with E-state index in [0.29, 0.717) is 0 Å². The van der Waals surface area contributed by atoms with Crippen molar-refractivity contribution in [1.82, 2.24) is 15.0 Å². The van der Waals surface area contributed by atoms with E-state index in [1.54, 1.807) is 6.33 Å². The molecular weight excluding hydrogens is 198 g/mol. The van der Waals surface area contributed by atoms with Gasteiger partial charge in [0, 0.05) is 11.1 Å². The third-order valence-corrected chi connectivity index (χ3v) is 3.66. The van der Waals surface area contributed by atoms with Crippen LogP contribution in [0.4, 0.5) is 0 Å². The minimum absolute atomic E-state index is 1.08. The smallest absolute Gasteiger partial charge is 0.112 e. The first-order valence-electron chi connectivity index (χ1n) is 5.89. The SMILES string of the molecule is c1nc2c(ccc3c4c([nH]c32)CCCC4)[nH]1. The van der Waals surface area contributed by atoms with Gasteiger partial charge in [0.2, 0.25) is 0 Å². The standard InChI is InChI=1S/C13H13N3/c1-2-4-10-8(3-1)9-5-6-11-13(12(9)16-10)15-7-14-11/h5-7,16H,1-4H2,(H,14,15). The van der Waals surface area contributed by atoms with Crippen LogP contribution in [0.15, 0.2) is 18.5 Å². The Bertz CT molecular complexity index is 675. The summed E-state index contributed by atoms with van der Waals surface area (Å²) in [5.41, 5.74) is 6.35. The number of nitrogens with one attached hydrogen (secondary N) is 2. The van der Waals surface area contributed by atoms with Crippen LogP contribution in [0.3, 0.4) is 0 Å². The number of fused-ring (bicyclic) bond motifs is 5. The number of nitrogens with zero attached hydrogens (tertiary/aromatic N) is 1. The van der Waals surface area contributed by atoms with Crippen molar-refractivity contribution in [3.05, 3.63) is 29.7 Å². The minimum Gasteiger partial charge on any atom is -0.356 e. The molecule has 2 aromatic heterocycles. The Morgan fingerprint density at radius 1 is 1.12 bits per heavy atom. The average molecular weight is 211 g/mol. The lowest BCUT2D eigenvalue weighted by Crippen LogP contribution is -1.99. The molecule has 0 bridgehead atoms. The van der Waals surface area contributed by atoms with E-state index in [9.17, 15) is 0 Å². The molecule has 0 saturated carbocycles. The number of rotatable bonds is 0. The van der Waals surface area contributed by atoms with Crippen LogP contribution in [-0.2, 0) is 12.8 Å². The molecule has 0 atom stereocenters. The summed E-state index contributed by atoms with van der Waals surface area (Å²) in [5, 5.41) is 1.37. The molecule has 3 aromatic rings. The second-order valence-electron chi connectivity index (χ2n) is 4.58. The van der Waals surface area contributed by atoms with E-state index >= 15 is 0 Å². The van der Waals surface area contributed by atoms with E-state index < -0.39 is 0 Å². The Morgan fingerprint density at radius 3 is 3.06 bits per heavy atom. The lowest BCUT2D eigenvalue weighted by molar-refractivity contribution is 0.680. The average Bonchev–Trinajstić information content (AvgIpc) is 2.92. The monoisotopic (exact) mass is 211 g/mol. The van der Waals surface area contributed by atoms with Gasteiger partial charge in [-0.3, -0.25) is 0 Å². The normalized spacial score (nSPS) is 15.8. The summed E-state index contributed by atoms with van der Waals surface area (Å²) in [6, 6.07) is 4.35. The maximum Gasteiger partial charge on any atom is 0.112 e. The van der Waals surface area contributed by atoms with Crippen molar-refractivity contribution in [3.8, 4) is 0 Å². The Balaban J connectivity index is 2.18. The lowest BCUT2D eigenvalue weighted by Gasteiger charge is -2.10. The van der Waals surface area contributed by atoms with Gasteiger partial charge >= 0.3 is 0 Å². The molecular formula is C13H13N3. The van der Waals surface area contributed by atoms with Gasteiger partial charge in [-0.15, -0.1) is 0 Å². The highest BCUT2D eigenvalue weighted by atomic mass is 14.9. The summed E-state index contributed by atoms with van der Waals surface area (Å²) in [7, 11) is 0. The molecule has 0 unspecified atom stereocenters. The van der Waals surface area contributed by atoms with Crippen molar-refractivity contribution in [3.63, 3.8) is 0 Å². The Labute approximate surface area is 92.9 Å². The van der Waals surface area contributed by atoms with Crippen molar-refractivity contribution in [2.24, 2.45) is 0 Å². The topological polar surface area (TPSA) is 44.5 Å². The molecule has 0 fully saturated rings. The zero-order chi connectivity index (χ0) is 10.5. The van der Waals surface area contributed by atoms with Crippen LogP contribution in [-0.4, -0.2) is 15.0 Å². The zero-order valence-corrected chi connectivity index (χ0v) is 9.01. The summed E-state index contributed by atoms with van der Waals surface area (Å²) in [4.78, 5) is 11.1. The predicted molar refractivity (Wildman–Crippen MR) is 64.6 cm³/mol. The third-order valence-electron chi connectivity index (χ3n) is 3.66. The highest BCUT2D eigenvalue weighted by Crippen LogP contribution is 2.31. The number of hydrogen-bond donors (Lipinski definition) is 2. The van der Waals surface area contributed by atoms with Crippen LogP contribution < -0.4 is 0 Å². The molecule has 1 aliphatic rings. The molecule has 16 heavy (non-hydrogen) atoms. The first-order valence-corrected chi connectivity index (χ1v) is 5.89. The minimum atomic E-state index is 1.08. The highest BCUT2D eigenvalue weighted by Gasteiger charge is 2.16. The first kappa shape index (κ1) is 8.39. The number of H-pyrrole nitrogens is 2. The fourth-order valence-electron chi connectivity index (χ4n) is 2.88. The zero-order valence-electron chi connectivity index (χ0n) is 9.01. The van der Waals surface area contributed by atoms with Crippen LogP contribution in [0, 0.1) is 0 Å². The van der Waals surface area contributed by atoms with Gasteiger partial charge in [0.25, 0.3) is 0 Å². The van der Waals surface area contributed by atoms with Crippen molar-refractivity contribution in [1.29, 1.82) is 0 Å². The van der Waals surface area contributed by atoms with E-state index in [0.717, 1.165) is 11.0 Å². The molecule has 0 amide bonds. The maximum absolute atomic E-state index is 4.40. The summed E-state index contributed by atoms with van der Waals surface area (Å²) in [5.74, 6) is 0. The second kappa shape index (κ2) is 2.88. The summed E-state index contributed by atoms with van der Waals surface area (Å²) >= 11 is 0. The quantitative estimate of drug-likeness (QED) is 0.590. The number of imidazole rings is 1. The Morgan fingerprint density at radius 2 is 2.06 bits per heavy atom. The van der Waals surface area contributed by atoms with Gasteiger partial charge in [0.05, 0.1) is 17.4 Å². The van der Waals surface area contributed by atoms with E-state index in [4.69, 9.17) is 0 Å². The van der Waals surface area contributed by atoms with Gasteiger partial charge < -0.3 is 9.97 Å². The van der Waals surface area contributed by atoms with Gasteiger partial charge in [0.15, 0.2) is 0 Å². The van der Waals surface area contributed by atoms with Crippen LogP contribution in [0.2, 0.25) is 0 Å². The van der Waals surface area contributed by atoms with Crippen LogP contribution >= 0.6 is 0 Å². The molecule has 4 rings (SSSR count). The van der Waals surface area contributed by atoms with Crippen LogP contribution in [0.25, 0.3) is 21.9 Å². The van der Waals surface area contributed by atoms with E-state index in [-0.39, 0.29) is 0 Å². The first-order chi connectivity index (χ1) is 7.93. The molecule has 0 aliphatic heterocycles. The molecule has 1 aromatic carbocycles. The number of aromatic amines is 2.